The summed E-state index contributed by atoms with van der Waals surface area (Å²) in [6.45, 7) is 4.25. The summed E-state index contributed by atoms with van der Waals surface area (Å²) in [4.78, 5) is 14.7. The average Bonchev–Trinajstić information content (AvgIpc) is 2.32. The van der Waals surface area contributed by atoms with Crippen LogP contribution in [-0.4, -0.2) is 18.1 Å². The van der Waals surface area contributed by atoms with Gasteiger partial charge in [-0.05, 0) is 12.1 Å². The van der Waals surface area contributed by atoms with Gasteiger partial charge in [-0.1, -0.05) is 36.2 Å². The first kappa shape index (κ1) is 22.0. The van der Waals surface area contributed by atoms with Crippen molar-refractivity contribution in [1.29, 1.82) is 0 Å². The van der Waals surface area contributed by atoms with E-state index in [1.54, 1.807) is 12.1 Å². The molecule has 0 spiro atoms. The first-order valence-electron chi connectivity index (χ1n) is 4.46. The quantitative estimate of drug-likeness (QED) is 0.406. The minimum absolute atomic E-state index is 0. The summed E-state index contributed by atoms with van der Waals surface area (Å²) < 4.78 is 14.6. The molecule has 0 aromatic carbocycles. The van der Waals surface area contributed by atoms with Crippen molar-refractivity contribution in [1.82, 2.24) is 4.98 Å². The van der Waals surface area contributed by atoms with Gasteiger partial charge in [0.05, 0.1) is 7.11 Å². The third-order valence-corrected chi connectivity index (χ3v) is 1.61. The number of nitrogens with zero attached hydrogens (tertiary/aromatic N) is 1. The van der Waals surface area contributed by atoms with E-state index >= 15 is 0 Å². The molecule has 0 saturated carbocycles. The van der Waals surface area contributed by atoms with Crippen molar-refractivity contribution in [3.8, 4) is 0 Å². The normalized spacial score (nSPS) is 7.47. The minimum atomic E-state index is -0.425. The number of carbonyl (C=O) groups is 1. The molecule has 1 heterocycles. The predicted molar refractivity (Wildman–Crippen MR) is 66.8 cm³/mol. The van der Waals surface area contributed by atoms with Gasteiger partial charge in [-0.25, -0.2) is 9.78 Å². The van der Waals surface area contributed by atoms with Gasteiger partial charge in [-0.2, -0.15) is 0 Å². The fraction of sp³-hybridized carbons (Fsp3) is 0.364. The Labute approximate surface area is 124 Å². The summed E-state index contributed by atoms with van der Waals surface area (Å²) in [6, 6.07) is 3.35. The van der Waals surface area contributed by atoms with Gasteiger partial charge in [0.15, 0.2) is 0 Å². The monoisotopic (exact) mass is 400 g/mol. The van der Waals surface area contributed by atoms with Crippen LogP contribution in [0.2, 0.25) is 0 Å². The number of carbonyl (C=O) groups excluding carboxylic acids is 1. The maximum absolute atomic E-state index is 10.9. The van der Waals surface area contributed by atoms with E-state index in [-0.39, 0.29) is 7.43 Å². The van der Waals surface area contributed by atoms with Crippen LogP contribution in [0.25, 0.3) is 0 Å². The molecule has 0 aliphatic heterocycles. The second-order valence-corrected chi connectivity index (χ2v) is 3.47. The van der Waals surface area contributed by atoms with Gasteiger partial charge >= 0.3 is 30.6 Å². The van der Waals surface area contributed by atoms with Crippen molar-refractivity contribution < 1.29 is 34.2 Å². The van der Waals surface area contributed by atoms with Crippen molar-refractivity contribution in [3.05, 3.63) is 35.9 Å². The maximum atomic E-state index is 10.9. The average molecular weight is 402 g/mol. The molecule has 0 bridgehead atoms. The third kappa shape index (κ3) is 12.0. The van der Waals surface area contributed by atoms with E-state index in [4.69, 9.17) is 0 Å². The fourth-order valence-electron chi connectivity index (χ4n) is 0.621. The van der Waals surface area contributed by atoms with Crippen LogP contribution in [0, 0.1) is 7.43 Å². The molecule has 1 rings (SSSR count). The number of rotatable bonds is 1. The molecule has 0 N–H and O–H groups in total. The number of pyridine rings is 1. The molecular formula is C11H17AgBrFNO2-. The van der Waals surface area contributed by atoms with Crippen LogP contribution in [0.3, 0.4) is 0 Å². The zero-order valence-corrected chi connectivity index (χ0v) is 13.3. The number of hydrogen-bond acceptors (Lipinski definition) is 3. The molecule has 0 fully saturated rings. The number of hydrogen-bond donors (Lipinski definition) is 0. The van der Waals surface area contributed by atoms with Crippen molar-refractivity contribution in [3.63, 3.8) is 0 Å². The molecule has 0 atom stereocenters. The third-order valence-electron chi connectivity index (χ3n) is 1.12. The molecule has 1 aromatic rings. The van der Waals surface area contributed by atoms with Crippen molar-refractivity contribution in [2.75, 3.05) is 7.11 Å². The van der Waals surface area contributed by atoms with Gasteiger partial charge in [0.25, 0.3) is 0 Å². The number of ether oxygens (including phenoxy) is 1. The van der Waals surface area contributed by atoms with Crippen LogP contribution in [0.4, 0.5) is 3.02 Å². The molecule has 17 heavy (non-hydrogen) atoms. The predicted octanol–water partition coefficient (Wildman–Crippen LogP) is 3.91. The summed E-state index contributed by atoms with van der Waals surface area (Å²) in [6.07, 6.45) is 2.79. The Balaban J connectivity index is -0.000000286. The zero-order valence-electron chi connectivity index (χ0n) is 10.3. The summed E-state index contributed by atoms with van der Waals surface area (Å²) >= 11 is 4.66. The van der Waals surface area contributed by atoms with Crippen LogP contribution in [-0.2, 0) is 26.4 Å². The van der Waals surface area contributed by atoms with Crippen molar-refractivity contribution in [2.45, 2.75) is 20.3 Å². The number of esters is 1. The van der Waals surface area contributed by atoms with E-state index in [2.05, 4.69) is 39.5 Å². The van der Waals surface area contributed by atoms with E-state index in [0.29, 0.717) is 5.69 Å². The second-order valence-electron chi connectivity index (χ2n) is 2.56. The molecule has 0 aliphatic carbocycles. The van der Waals surface area contributed by atoms with Crippen LogP contribution < -0.4 is 0 Å². The van der Waals surface area contributed by atoms with Crippen LogP contribution in [0.5, 0.6) is 0 Å². The Kier molecular flexibility index (Phi) is 20.4. The van der Waals surface area contributed by atoms with Gasteiger partial charge in [-0.3, -0.25) is 0 Å². The molecule has 3 nitrogen and oxygen atoms in total. The van der Waals surface area contributed by atoms with E-state index in [1.807, 2.05) is 0 Å². The summed E-state index contributed by atoms with van der Waals surface area (Å²) in [5.41, 5.74) is 0.307. The molecule has 0 aliphatic rings. The molecule has 0 radical (unpaired) electrons. The Morgan fingerprint density at radius 1 is 1.53 bits per heavy atom. The molecule has 6 heteroatoms. The van der Waals surface area contributed by atoms with Gasteiger partial charge < -0.3 is 12.2 Å². The Morgan fingerprint density at radius 3 is 2.35 bits per heavy atom. The summed E-state index contributed by atoms with van der Waals surface area (Å²) in [5.74, 6) is -0.425. The van der Waals surface area contributed by atoms with Crippen LogP contribution >= 0.6 is 15.9 Å². The zero-order chi connectivity index (χ0) is 13.0. The van der Waals surface area contributed by atoms with E-state index in [1.165, 1.54) is 41.3 Å². The second kappa shape index (κ2) is 15.8. The number of halogens is 2. The molecular weight excluding hydrogens is 385 g/mol. The first-order valence-corrected chi connectivity index (χ1v) is 5.82. The van der Waals surface area contributed by atoms with Crippen molar-refractivity contribution >= 4 is 21.9 Å². The van der Waals surface area contributed by atoms with Crippen molar-refractivity contribution in [2.24, 2.45) is 0 Å². The van der Waals surface area contributed by atoms with E-state index in [9.17, 15) is 7.82 Å². The Bertz CT molecular complexity index is 301. The van der Waals surface area contributed by atoms with Crippen LogP contribution in [0.15, 0.2) is 22.8 Å². The molecule has 1 aromatic heterocycles. The van der Waals surface area contributed by atoms with E-state index in [0.717, 1.165) is 4.47 Å². The summed E-state index contributed by atoms with van der Waals surface area (Å²) in [7, 11) is 1.32. The number of aromatic nitrogens is 1. The van der Waals surface area contributed by atoms with Crippen LogP contribution in [0.1, 0.15) is 30.8 Å². The Morgan fingerprint density at radius 2 is 2.00 bits per heavy atom. The molecule has 0 amide bonds. The molecule has 0 unspecified atom stereocenters. The fourth-order valence-corrected chi connectivity index (χ4v) is 0.956. The number of methoxy groups -OCH3 is 1. The SMILES string of the molecule is CCC.COC(=O)c1cc(Br)ccn1.[CH3-].[F][Ag]. The Hall–Kier alpha value is -0.230. The first-order chi connectivity index (χ1) is 7.65. The van der Waals surface area contributed by atoms with Gasteiger partial charge in [0.2, 0.25) is 0 Å². The van der Waals surface area contributed by atoms with Gasteiger partial charge in [-0.15, -0.1) is 0 Å². The standard InChI is InChI=1S/C7H6BrNO2.C3H8.CH3.Ag.FH/c1-11-7(10)6-4-5(8)2-3-9-6;1-3-2;;;/h2-4H,1H3;3H2,1-2H3;1H3;;1H/q;;-1;+1;/p-1. The molecule has 0 saturated heterocycles. The summed E-state index contributed by atoms with van der Waals surface area (Å²) in [5, 5.41) is 0. The van der Waals surface area contributed by atoms with Gasteiger partial charge in [0, 0.05) is 10.7 Å². The van der Waals surface area contributed by atoms with Gasteiger partial charge in [0.1, 0.15) is 5.69 Å². The van der Waals surface area contributed by atoms with E-state index < -0.39 is 5.97 Å². The molecule has 104 valence electrons. The topological polar surface area (TPSA) is 39.2 Å².